The van der Waals surface area contributed by atoms with Crippen LogP contribution in [0.4, 0.5) is 5.69 Å². The van der Waals surface area contributed by atoms with Gasteiger partial charge in [-0.15, -0.1) is 0 Å². The van der Waals surface area contributed by atoms with Crippen molar-refractivity contribution in [3.8, 4) is 17.2 Å². The predicted molar refractivity (Wildman–Crippen MR) is 375 cm³/mol. The number of nitro groups is 1. The van der Waals surface area contributed by atoms with Gasteiger partial charge in [-0.1, -0.05) is 140 Å². The van der Waals surface area contributed by atoms with E-state index in [2.05, 4.69) is 32.7 Å². The second kappa shape index (κ2) is 35.4. The summed E-state index contributed by atoms with van der Waals surface area (Å²) >= 11 is 0. The van der Waals surface area contributed by atoms with Crippen LogP contribution in [-0.2, 0) is 63.5 Å². The van der Waals surface area contributed by atoms with Gasteiger partial charge in [0.15, 0.2) is 23.0 Å². The lowest BCUT2D eigenvalue weighted by Crippen LogP contribution is -2.46. The normalized spacial score (nSPS) is 12.3. The van der Waals surface area contributed by atoms with Crippen molar-refractivity contribution in [1.29, 1.82) is 0 Å². The van der Waals surface area contributed by atoms with E-state index >= 15 is 0 Å². The number of aromatic nitrogens is 3. The number of likely N-dealkylation sites (N-methyl/N-ethyl adjacent to an activating group) is 1. The molecule has 1 aliphatic heterocycles. The summed E-state index contributed by atoms with van der Waals surface area (Å²) < 4.78 is 28.4. The molecule has 1 atom stereocenters. The molecule has 4 N–H and O–H groups in total. The number of pyridine rings is 3. The molecular formula is C75H81N11O13. The van der Waals surface area contributed by atoms with Gasteiger partial charge in [-0.2, -0.15) is 0 Å². The lowest BCUT2D eigenvalue weighted by molar-refractivity contribution is -0.384. The number of carbonyl (C=O) groups excluding carboxylic acids is 4. The number of amides is 4. The van der Waals surface area contributed by atoms with E-state index in [0.29, 0.717) is 17.9 Å². The quantitative estimate of drug-likeness (QED) is 0.0229. The molecule has 1 unspecified atom stereocenters. The molecule has 4 amide bonds. The molecule has 1 aliphatic rings. The highest BCUT2D eigenvalue weighted by Gasteiger charge is 2.27. The van der Waals surface area contributed by atoms with Gasteiger partial charge >= 0.3 is 0 Å². The van der Waals surface area contributed by atoms with E-state index in [1.165, 1.54) is 62.6 Å². The lowest BCUT2D eigenvalue weighted by atomic mass is 9.97. The van der Waals surface area contributed by atoms with Crippen LogP contribution in [0.25, 0.3) is 0 Å². The Hall–Kier alpha value is -11.6. The topological polar surface area (TPSA) is 272 Å². The largest absolute Gasteiger partial charge is 0.486 e. The van der Waals surface area contributed by atoms with Crippen molar-refractivity contribution in [2.75, 3.05) is 72.5 Å². The van der Waals surface area contributed by atoms with Crippen LogP contribution in [0.3, 0.4) is 0 Å². The lowest BCUT2D eigenvalue weighted by Gasteiger charge is -2.32. The molecule has 514 valence electrons. The Morgan fingerprint density at radius 1 is 0.465 bits per heavy atom. The van der Waals surface area contributed by atoms with Crippen molar-refractivity contribution in [3.63, 3.8) is 0 Å². The second-order valence-corrected chi connectivity index (χ2v) is 23.8. The van der Waals surface area contributed by atoms with Crippen molar-refractivity contribution >= 4 is 29.3 Å². The number of hydrogen-bond donors (Lipinski definition) is 4. The smallest absolute Gasteiger partial charge is 0.293 e. The molecule has 0 fully saturated rings. The van der Waals surface area contributed by atoms with E-state index in [1.807, 2.05) is 126 Å². The average Bonchev–Trinajstić information content (AvgIpc) is 0.844. The first-order valence-electron chi connectivity index (χ1n) is 32.3. The molecule has 0 saturated heterocycles. The van der Waals surface area contributed by atoms with Gasteiger partial charge in [0.2, 0.25) is 0 Å². The summed E-state index contributed by atoms with van der Waals surface area (Å²) in [5, 5.41) is 23.9. The molecule has 0 spiro atoms. The van der Waals surface area contributed by atoms with Crippen LogP contribution in [0.2, 0.25) is 0 Å². The molecular weight excluding hydrogens is 1260 g/mol. The average molecular weight is 1340 g/mol. The third-order valence-electron chi connectivity index (χ3n) is 16.5. The molecule has 4 heterocycles. The van der Waals surface area contributed by atoms with E-state index in [-0.39, 0.29) is 143 Å². The first-order chi connectivity index (χ1) is 47.9. The number of rotatable bonds is 35. The number of aryl methyl sites for hydroxylation is 3. The van der Waals surface area contributed by atoms with Crippen molar-refractivity contribution in [1.82, 2.24) is 49.7 Å². The Labute approximate surface area is 573 Å². The molecule has 99 heavy (non-hydrogen) atoms. The summed E-state index contributed by atoms with van der Waals surface area (Å²) in [5.74, 6) is -2.61. The maximum absolute atomic E-state index is 14.4. The van der Waals surface area contributed by atoms with Crippen molar-refractivity contribution in [2.24, 2.45) is 27.1 Å². The highest BCUT2D eigenvalue weighted by Crippen LogP contribution is 2.26. The number of hydrogen-bond acceptors (Lipinski definition) is 16. The van der Waals surface area contributed by atoms with Crippen LogP contribution in [0, 0.1) is 16.0 Å². The SMILES string of the molecule is C=C1C(OCc2ccccc2)=C(C(=O)NCCN(CCNC(=O)c2ccn(C)c(=O)c2OCc2ccccc2)CC(Cc2ccc([N+](=O)[O-])cc2)CN(CCNC(=O)c2ccn(C)c(=O)c2OCc2ccccc2)CCNC(=O)c2ccn(C)c(=O)c2OCc2ccccc2)C=CN1C. The van der Waals surface area contributed by atoms with E-state index < -0.39 is 45.2 Å². The molecule has 5 aromatic carbocycles. The number of ether oxygens (including phenoxy) is 4. The number of carbonyl (C=O) groups is 4. The minimum absolute atomic E-state index is 0.0210. The van der Waals surface area contributed by atoms with Gasteiger partial charge in [-0.3, -0.25) is 53.5 Å². The maximum atomic E-state index is 14.4. The highest BCUT2D eigenvalue weighted by atomic mass is 16.6. The number of nitrogens with one attached hydrogen (secondary N) is 4. The van der Waals surface area contributed by atoms with Crippen molar-refractivity contribution in [2.45, 2.75) is 32.8 Å². The van der Waals surface area contributed by atoms with E-state index in [0.717, 1.165) is 27.8 Å². The second-order valence-electron chi connectivity index (χ2n) is 23.8. The summed E-state index contributed by atoms with van der Waals surface area (Å²) in [6.07, 6.45) is 8.16. The van der Waals surface area contributed by atoms with E-state index in [1.54, 1.807) is 57.5 Å². The Bertz CT molecular complexity index is 4250. The molecule has 0 aliphatic carbocycles. The summed E-state index contributed by atoms with van der Waals surface area (Å²) in [7, 11) is 6.48. The van der Waals surface area contributed by atoms with Crippen LogP contribution in [0.15, 0.2) is 233 Å². The van der Waals surface area contributed by atoms with E-state index in [4.69, 9.17) is 18.9 Å². The zero-order valence-electron chi connectivity index (χ0n) is 55.8. The summed E-state index contributed by atoms with van der Waals surface area (Å²) in [4.78, 5) is 115. The molecule has 24 heteroatoms. The first kappa shape index (κ1) is 71.7. The standard InChI is InChI=1S/C75H81N11O13/c1-53-65(96-49-55-18-10-6-11-19-55)61(30-38-80(53)2)69(87)76-34-42-84(43-35-77-70(88)62-31-39-81(3)73(91)66(62)97-50-56-20-12-7-13-21-56)47-59(46-54-26-28-60(29-27-54)86(94)95)48-85(44-36-78-71(89)63-32-40-82(4)74(92)67(63)98-51-57-22-14-8-15-23-57)45-37-79-72(90)64-33-41-83(5)75(93)68(64)99-52-58-24-16-9-17-25-58/h6-33,38-41,59H,1,34-37,42-52H2,2-5H3,(H,76,87)(H,77,88)(H,78,89)(H,79,90). The Morgan fingerprint density at radius 2 is 0.798 bits per heavy atom. The Balaban J connectivity index is 1.00. The van der Waals surface area contributed by atoms with Crippen LogP contribution in [0.1, 0.15) is 58.9 Å². The van der Waals surface area contributed by atoms with Crippen LogP contribution < -0.4 is 52.2 Å². The molecule has 9 rings (SSSR count). The number of non-ortho nitro benzene ring substituents is 1. The first-order valence-corrected chi connectivity index (χ1v) is 32.3. The van der Waals surface area contributed by atoms with Crippen LogP contribution in [0.5, 0.6) is 17.2 Å². The highest BCUT2D eigenvalue weighted by molar-refractivity contribution is 5.98. The fraction of sp³-hybridized carbons (Fsp3) is 0.267. The number of benzene rings is 5. The van der Waals surface area contributed by atoms with Gasteiger partial charge in [0.1, 0.15) is 26.4 Å². The zero-order valence-corrected chi connectivity index (χ0v) is 55.8. The predicted octanol–water partition coefficient (Wildman–Crippen LogP) is 7.04. The van der Waals surface area contributed by atoms with Gasteiger partial charge in [-0.25, -0.2) is 0 Å². The van der Waals surface area contributed by atoms with Crippen molar-refractivity contribution < 1.29 is 43.0 Å². The summed E-state index contributed by atoms with van der Waals surface area (Å²) in [5.41, 5.74) is 3.15. The van der Waals surface area contributed by atoms with E-state index in [9.17, 15) is 43.7 Å². The van der Waals surface area contributed by atoms with Gasteiger partial charge in [0, 0.05) is 131 Å². The summed E-state index contributed by atoms with van der Waals surface area (Å²) in [6.45, 7) is 5.96. The summed E-state index contributed by atoms with van der Waals surface area (Å²) in [6, 6.07) is 47.9. The number of nitro benzene ring substituents is 1. The minimum Gasteiger partial charge on any atom is -0.486 e. The maximum Gasteiger partial charge on any atom is 0.293 e. The third kappa shape index (κ3) is 20.2. The fourth-order valence-electron chi connectivity index (χ4n) is 11.0. The van der Waals surface area contributed by atoms with Crippen molar-refractivity contribution in [3.05, 3.63) is 304 Å². The molecule has 8 aromatic rings. The third-order valence-corrected chi connectivity index (χ3v) is 16.5. The molecule has 24 nitrogen and oxygen atoms in total. The van der Waals surface area contributed by atoms with Gasteiger partial charge in [-0.05, 0) is 64.4 Å². The van der Waals surface area contributed by atoms with Crippen LogP contribution in [-0.4, -0.2) is 129 Å². The monoisotopic (exact) mass is 1340 g/mol. The van der Waals surface area contributed by atoms with Gasteiger partial charge in [0.25, 0.3) is 46.0 Å². The zero-order chi connectivity index (χ0) is 70.2. The molecule has 0 radical (unpaired) electrons. The fourth-order valence-corrected chi connectivity index (χ4v) is 11.0. The van der Waals surface area contributed by atoms with Crippen LogP contribution >= 0.6 is 0 Å². The minimum atomic E-state index is -0.577. The Morgan fingerprint density at radius 3 is 1.14 bits per heavy atom. The molecule has 0 saturated carbocycles. The van der Waals surface area contributed by atoms with Gasteiger partial charge < -0.3 is 58.8 Å². The van der Waals surface area contributed by atoms with Gasteiger partial charge in [0.05, 0.1) is 32.9 Å². The molecule has 3 aromatic heterocycles. The molecule has 0 bridgehead atoms. The number of nitrogens with zero attached hydrogens (tertiary/aromatic N) is 7. The Kier molecular flexibility index (Phi) is 25.6.